The van der Waals surface area contributed by atoms with Crippen LogP contribution >= 0.6 is 27.5 Å². The van der Waals surface area contributed by atoms with E-state index < -0.39 is 0 Å². The second-order valence-corrected chi connectivity index (χ2v) is 9.41. The van der Waals surface area contributed by atoms with Crippen LogP contribution in [0.4, 0.5) is 0 Å². The van der Waals surface area contributed by atoms with Gasteiger partial charge in [0.15, 0.2) is 0 Å². The van der Waals surface area contributed by atoms with Gasteiger partial charge in [-0.25, -0.2) is 0 Å². The number of fused-ring (bicyclic) bond motifs is 1. The first kappa shape index (κ1) is 18.5. The molecule has 1 unspecified atom stereocenters. The van der Waals surface area contributed by atoms with Crippen molar-refractivity contribution in [3.05, 3.63) is 44.9 Å². The molecule has 4 rings (SSSR count). The molecule has 0 bridgehead atoms. The second kappa shape index (κ2) is 7.29. The van der Waals surface area contributed by atoms with Crippen molar-refractivity contribution in [2.75, 3.05) is 6.54 Å². The lowest BCUT2D eigenvalue weighted by molar-refractivity contribution is -0.144. The summed E-state index contributed by atoms with van der Waals surface area (Å²) in [6, 6.07) is 6.73. The van der Waals surface area contributed by atoms with Crippen molar-refractivity contribution >= 4 is 33.5 Å². The highest BCUT2D eigenvalue weighted by molar-refractivity contribution is 9.11. The fourth-order valence-corrected chi connectivity index (χ4v) is 6.05. The molecule has 1 saturated heterocycles. The van der Waals surface area contributed by atoms with Crippen LogP contribution in [0, 0.1) is 24.7 Å². The van der Waals surface area contributed by atoms with E-state index in [1.165, 1.54) is 15.6 Å². The molecule has 2 heterocycles. The van der Waals surface area contributed by atoms with Gasteiger partial charge in [-0.1, -0.05) is 45.7 Å². The molecule has 0 spiro atoms. The number of ether oxygens (including phenoxy) is 1. The van der Waals surface area contributed by atoms with Crippen molar-refractivity contribution < 1.29 is 9.53 Å². The summed E-state index contributed by atoms with van der Waals surface area (Å²) in [4.78, 5) is 12.4. The van der Waals surface area contributed by atoms with Gasteiger partial charge in [0.1, 0.15) is 6.10 Å². The SMILES string of the molecule is Cc1ccc([C@@H]2CC[C@H]3C(=O)O[C@H](C)[C@H]3[C@H]2C2CC=C(Br)CN2)c(Cl)c1. The van der Waals surface area contributed by atoms with Gasteiger partial charge in [0, 0.05) is 28.0 Å². The minimum Gasteiger partial charge on any atom is -0.462 e. The van der Waals surface area contributed by atoms with Gasteiger partial charge in [-0.05, 0) is 62.1 Å². The molecule has 6 atom stereocenters. The van der Waals surface area contributed by atoms with Gasteiger partial charge in [-0.3, -0.25) is 4.79 Å². The predicted octanol–water partition coefficient (Wildman–Crippen LogP) is 4.96. The van der Waals surface area contributed by atoms with Crippen molar-refractivity contribution in [3.63, 3.8) is 0 Å². The van der Waals surface area contributed by atoms with Crippen molar-refractivity contribution in [2.24, 2.45) is 17.8 Å². The lowest BCUT2D eigenvalue weighted by Crippen LogP contribution is -2.49. The first-order valence-electron chi connectivity index (χ1n) is 9.50. The van der Waals surface area contributed by atoms with Gasteiger partial charge < -0.3 is 10.1 Å². The summed E-state index contributed by atoms with van der Waals surface area (Å²) in [5.74, 6) is 0.970. The fourth-order valence-electron chi connectivity index (χ4n) is 5.32. The first-order chi connectivity index (χ1) is 12.5. The van der Waals surface area contributed by atoms with Gasteiger partial charge in [-0.15, -0.1) is 0 Å². The predicted molar refractivity (Wildman–Crippen MR) is 108 cm³/mol. The topological polar surface area (TPSA) is 38.3 Å². The number of carbonyl (C=O) groups excluding carboxylic acids is 1. The van der Waals surface area contributed by atoms with E-state index in [-0.39, 0.29) is 23.9 Å². The van der Waals surface area contributed by atoms with Crippen LogP contribution < -0.4 is 5.32 Å². The Hall–Kier alpha value is -0.840. The molecule has 3 nitrogen and oxygen atoms in total. The second-order valence-electron chi connectivity index (χ2n) is 7.99. The molecule has 0 aromatic heterocycles. The fraction of sp³-hybridized carbons (Fsp3) is 0.571. The smallest absolute Gasteiger partial charge is 0.309 e. The number of rotatable bonds is 2. The third-order valence-electron chi connectivity index (χ3n) is 6.46. The molecule has 5 heteroatoms. The molecule has 2 fully saturated rings. The summed E-state index contributed by atoms with van der Waals surface area (Å²) in [6.45, 7) is 4.97. The van der Waals surface area contributed by atoms with Crippen LogP contribution in [0.15, 0.2) is 28.8 Å². The summed E-state index contributed by atoms with van der Waals surface area (Å²) >= 11 is 10.3. The van der Waals surface area contributed by atoms with Crippen molar-refractivity contribution in [1.82, 2.24) is 5.32 Å². The zero-order valence-corrected chi connectivity index (χ0v) is 17.5. The Morgan fingerprint density at radius 2 is 2.00 bits per heavy atom. The van der Waals surface area contributed by atoms with E-state index in [0.29, 0.717) is 17.9 Å². The molecular weight excluding hydrogens is 414 g/mol. The zero-order valence-electron chi connectivity index (χ0n) is 15.2. The van der Waals surface area contributed by atoms with Crippen LogP contribution in [-0.4, -0.2) is 24.7 Å². The lowest BCUT2D eigenvalue weighted by atomic mass is 9.61. The summed E-state index contributed by atoms with van der Waals surface area (Å²) in [5, 5.41) is 4.54. The number of cyclic esters (lactones) is 1. The Morgan fingerprint density at radius 1 is 1.23 bits per heavy atom. The maximum absolute atomic E-state index is 12.4. The molecule has 140 valence electrons. The molecule has 3 aliphatic rings. The molecule has 1 saturated carbocycles. The van der Waals surface area contributed by atoms with E-state index in [1.807, 2.05) is 0 Å². The minimum absolute atomic E-state index is 0.00603. The Labute approximate surface area is 168 Å². The number of nitrogens with one attached hydrogen (secondary N) is 1. The van der Waals surface area contributed by atoms with Crippen LogP contribution in [0.5, 0.6) is 0 Å². The molecule has 2 aliphatic heterocycles. The average molecular weight is 439 g/mol. The maximum atomic E-state index is 12.4. The van der Waals surface area contributed by atoms with Crippen LogP contribution in [0.25, 0.3) is 0 Å². The van der Waals surface area contributed by atoms with Crippen LogP contribution in [-0.2, 0) is 9.53 Å². The summed E-state index contributed by atoms with van der Waals surface area (Å²) < 4.78 is 6.87. The molecule has 1 aromatic carbocycles. The summed E-state index contributed by atoms with van der Waals surface area (Å²) in [7, 11) is 0. The number of halogens is 2. The average Bonchev–Trinajstić information content (AvgIpc) is 2.90. The van der Waals surface area contributed by atoms with E-state index in [0.717, 1.165) is 30.8 Å². The molecule has 0 radical (unpaired) electrons. The third-order valence-corrected chi connectivity index (χ3v) is 7.39. The van der Waals surface area contributed by atoms with Gasteiger partial charge in [0.2, 0.25) is 0 Å². The molecule has 1 aromatic rings. The van der Waals surface area contributed by atoms with Gasteiger partial charge >= 0.3 is 5.97 Å². The van der Waals surface area contributed by atoms with Crippen molar-refractivity contribution in [1.29, 1.82) is 0 Å². The van der Waals surface area contributed by atoms with E-state index in [1.54, 1.807) is 0 Å². The number of esters is 1. The van der Waals surface area contributed by atoms with Crippen LogP contribution in [0.3, 0.4) is 0 Å². The maximum Gasteiger partial charge on any atom is 0.309 e. The Kier molecular flexibility index (Phi) is 5.19. The van der Waals surface area contributed by atoms with Crippen LogP contribution in [0.2, 0.25) is 5.02 Å². The normalized spacial score (nSPS) is 37.1. The lowest BCUT2D eigenvalue weighted by Gasteiger charge is -2.45. The van der Waals surface area contributed by atoms with Gasteiger partial charge in [0.25, 0.3) is 0 Å². The molecule has 1 aliphatic carbocycles. The highest BCUT2D eigenvalue weighted by Gasteiger charge is 2.53. The molecule has 1 N–H and O–H groups in total. The zero-order chi connectivity index (χ0) is 18.4. The largest absolute Gasteiger partial charge is 0.462 e. The number of hydrogen-bond acceptors (Lipinski definition) is 3. The van der Waals surface area contributed by atoms with Gasteiger partial charge in [-0.2, -0.15) is 0 Å². The van der Waals surface area contributed by atoms with Crippen LogP contribution in [0.1, 0.15) is 43.2 Å². The monoisotopic (exact) mass is 437 g/mol. The van der Waals surface area contributed by atoms with Gasteiger partial charge in [0.05, 0.1) is 5.92 Å². The number of benzene rings is 1. The van der Waals surface area contributed by atoms with E-state index in [4.69, 9.17) is 16.3 Å². The van der Waals surface area contributed by atoms with E-state index >= 15 is 0 Å². The molecule has 26 heavy (non-hydrogen) atoms. The summed E-state index contributed by atoms with van der Waals surface area (Å²) in [6.07, 6.45) is 5.09. The summed E-state index contributed by atoms with van der Waals surface area (Å²) in [5.41, 5.74) is 2.40. The highest BCUT2D eigenvalue weighted by atomic mass is 79.9. The van der Waals surface area contributed by atoms with E-state index in [2.05, 4.69) is 59.4 Å². The highest BCUT2D eigenvalue weighted by Crippen LogP contribution is 2.52. The van der Waals surface area contributed by atoms with Crippen molar-refractivity contribution in [2.45, 2.75) is 51.2 Å². The third kappa shape index (κ3) is 3.25. The standard InChI is InChI=1S/C21H25BrClNO2/c1-11-3-5-14(17(23)9-11)15-6-7-16-19(12(2)26-21(16)25)20(15)18-8-4-13(22)10-24-18/h3-5,9,12,15-16,18-20,24H,6-8,10H2,1-2H3/t12-,15+,16-,18?,19-,20-/m1/s1. The van der Waals surface area contributed by atoms with Crippen molar-refractivity contribution in [3.8, 4) is 0 Å². The Morgan fingerprint density at radius 3 is 2.69 bits per heavy atom. The number of aryl methyl sites for hydroxylation is 1. The minimum atomic E-state index is -0.0272. The first-order valence-corrected chi connectivity index (χ1v) is 10.7. The Balaban J connectivity index is 1.73. The molecule has 0 amide bonds. The Bertz CT molecular complexity index is 750. The number of hydrogen-bond donors (Lipinski definition) is 1. The quantitative estimate of drug-likeness (QED) is 0.663. The molecular formula is C21H25BrClNO2. The number of carbonyl (C=O) groups is 1. The van der Waals surface area contributed by atoms with E-state index in [9.17, 15) is 4.79 Å².